The molecule has 3 aromatic rings. The van der Waals surface area contributed by atoms with Crippen LogP contribution in [-0.4, -0.2) is 16.2 Å². The first-order valence-corrected chi connectivity index (χ1v) is 8.03. The van der Waals surface area contributed by atoms with Crippen LogP contribution >= 0.6 is 11.3 Å². The SMILES string of the molecule is Fc1ccc(/C=N\Nc2ncnc3sc4c(c23)CCC4)c(F)c1. The van der Waals surface area contributed by atoms with E-state index in [2.05, 4.69) is 20.5 Å². The molecule has 2 heterocycles. The van der Waals surface area contributed by atoms with Crippen molar-refractivity contribution in [1.29, 1.82) is 0 Å². The van der Waals surface area contributed by atoms with Crippen LogP contribution in [0, 0.1) is 11.6 Å². The van der Waals surface area contributed by atoms with Crippen LogP contribution in [0.1, 0.15) is 22.4 Å². The number of hydrazone groups is 1. The van der Waals surface area contributed by atoms with Gasteiger partial charge in [0.15, 0.2) is 5.82 Å². The molecule has 23 heavy (non-hydrogen) atoms. The zero-order chi connectivity index (χ0) is 15.8. The van der Waals surface area contributed by atoms with Gasteiger partial charge >= 0.3 is 0 Å². The smallest absolute Gasteiger partial charge is 0.158 e. The molecule has 7 heteroatoms. The maximum Gasteiger partial charge on any atom is 0.158 e. The van der Waals surface area contributed by atoms with Gasteiger partial charge in [0, 0.05) is 16.5 Å². The third-order valence-electron chi connectivity index (χ3n) is 3.84. The van der Waals surface area contributed by atoms with Gasteiger partial charge in [-0.1, -0.05) is 0 Å². The highest BCUT2D eigenvalue weighted by molar-refractivity contribution is 7.19. The Morgan fingerprint density at radius 1 is 1.22 bits per heavy atom. The lowest BCUT2D eigenvalue weighted by atomic mass is 10.2. The lowest BCUT2D eigenvalue weighted by molar-refractivity contribution is 0.582. The molecule has 0 aliphatic heterocycles. The molecule has 0 radical (unpaired) electrons. The zero-order valence-electron chi connectivity index (χ0n) is 12.0. The average molecular weight is 330 g/mol. The molecule has 0 spiro atoms. The predicted molar refractivity (Wildman–Crippen MR) is 87.0 cm³/mol. The third-order valence-corrected chi connectivity index (χ3v) is 5.04. The topological polar surface area (TPSA) is 50.2 Å². The van der Waals surface area contributed by atoms with E-state index in [1.54, 1.807) is 11.3 Å². The van der Waals surface area contributed by atoms with E-state index < -0.39 is 11.6 Å². The van der Waals surface area contributed by atoms with Gasteiger partial charge in [0.1, 0.15) is 22.8 Å². The lowest BCUT2D eigenvalue weighted by Crippen LogP contribution is -1.97. The molecular weight excluding hydrogens is 318 g/mol. The molecule has 0 unspecified atom stereocenters. The number of anilines is 1. The van der Waals surface area contributed by atoms with E-state index in [4.69, 9.17) is 0 Å². The second-order valence-corrected chi connectivity index (χ2v) is 6.38. The largest absolute Gasteiger partial charge is 0.261 e. The van der Waals surface area contributed by atoms with Gasteiger partial charge in [0.2, 0.25) is 0 Å². The van der Waals surface area contributed by atoms with Gasteiger partial charge in [-0.05, 0) is 37.0 Å². The van der Waals surface area contributed by atoms with Crippen molar-refractivity contribution in [2.75, 3.05) is 5.43 Å². The van der Waals surface area contributed by atoms with Crippen molar-refractivity contribution < 1.29 is 8.78 Å². The van der Waals surface area contributed by atoms with E-state index in [0.717, 1.165) is 35.5 Å². The average Bonchev–Trinajstić information content (AvgIpc) is 3.10. The minimum absolute atomic E-state index is 0.208. The predicted octanol–water partition coefficient (Wildman–Crippen LogP) is 3.90. The van der Waals surface area contributed by atoms with Gasteiger partial charge in [-0.3, -0.25) is 5.43 Å². The molecule has 1 N–H and O–H groups in total. The summed E-state index contributed by atoms with van der Waals surface area (Å²) in [6.45, 7) is 0. The molecule has 0 saturated carbocycles. The molecular formula is C16H12F2N4S. The fourth-order valence-electron chi connectivity index (χ4n) is 2.78. The number of nitrogens with one attached hydrogen (secondary N) is 1. The molecule has 0 saturated heterocycles. The molecule has 0 amide bonds. The number of thiophene rings is 1. The molecule has 116 valence electrons. The van der Waals surface area contributed by atoms with Crippen LogP contribution in [0.3, 0.4) is 0 Å². The van der Waals surface area contributed by atoms with Crippen LogP contribution in [0.5, 0.6) is 0 Å². The quantitative estimate of drug-likeness (QED) is 0.585. The zero-order valence-corrected chi connectivity index (χ0v) is 12.8. The Kier molecular flexibility index (Phi) is 3.49. The number of aryl methyl sites for hydroxylation is 2. The summed E-state index contributed by atoms with van der Waals surface area (Å²) in [5.74, 6) is -0.646. The summed E-state index contributed by atoms with van der Waals surface area (Å²) in [5.41, 5.74) is 4.35. The molecule has 2 aromatic heterocycles. The summed E-state index contributed by atoms with van der Waals surface area (Å²) in [6.07, 6.45) is 6.06. The number of hydrogen-bond acceptors (Lipinski definition) is 5. The van der Waals surface area contributed by atoms with Gasteiger partial charge in [0.05, 0.1) is 11.6 Å². The van der Waals surface area contributed by atoms with Gasteiger partial charge < -0.3 is 0 Å². The number of hydrogen-bond donors (Lipinski definition) is 1. The number of halogens is 2. The number of benzene rings is 1. The van der Waals surface area contributed by atoms with E-state index in [0.29, 0.717) is 5.82 Å². The molecule has 1 aliphatic carbocycles. The molecule has 4 rings (SSSR count). The van der Waals surface area contributed by atoms with Crippen LogP contribution in [-0.2, 0) is 12.8 Å². The Morgan fingerprint density at radius 3 is 3.00 bits per heavy atom. The first-order valence-electron chi connectivity index (χ1n) is 7.22. The molecule has 1 aromatic carbocycles. The maximum absolute atomic E-state index is 13.6. The Morgan fingerprint density at radius 2 is 2.13 bits per heavy atom. The van der Waals surface area contributed by atoms with Crippen molar-refractivity contribution in [3.05, 3.63) is 52.2 Å². The van der Waals surface area contributed by atoms with Crippen molar-refractivity contribution in [3.63, 3.8) is 0 Å². The van der Waals surface area contributed by atoms with Crippen LogP contribution in [0.4, 0.5) is 14.6 Å². The van der Waals surface area contributed by atoms with E-state index in [1.165, 1.54) is 35.1 Å². The minimum Gasteiger partial charge on any atom is -0.261 e. The van der Waals surface area contributed by atoms with Crippen molar-refractivity contribution in [2.24, 2.45) is 5.10 Å². The standard InChI is InChI=1S/C16H12F2N4S/c17-10-5-4-9(12(18)6-10)7-21-22-15-14-11-2-1-3-13(11)23-16(14)20-8-19-15/h4-8H,1-3H2,(H,19,20,22)/b21-7-. The third kappa shape index (κ3) is 2.57. The summed E-state index contributed by atoms with van der Waals surface area (Å²) in [7, 11) is 0. The number of aromatic nitrogens is 2. The second kappa shape index (κ2) is 5.66. The van der Waals surface area contributed by atoms with Crippen molar-refractivity contribution in [1.82, 2.24) is 9.97 Å². The fraction of sp³-hybridized carbons (Fsp3) is 0.188. The second-order valence-electron chi connectivity index (χ2n) is 5.30. The van der Waals surface area contributed by atoms with E-state index in [1.807, 2.05) is 0 Å². The van der Waals surface area contributed by atoms with Gasteiger partial charge in [0.25, 0.3) is 0 Å². The molecule has 0 atom stereocenters. The summed E-state index contributed by atoms with van der Waals surface area (Å²) in [5, 5.41) is 5.04. The van der Waals surface area contributed by atoms with E-state index >= 15 is 0 Å². The monoisotopic (exact) mass is 330 g/mol. The van der Waals surface area contributed by atoms with Crippen LogP contribution in [0.25, 0.3) is 10.2 Å². The van der Waals surface area contributed by atoms with Gasteiger partial charge in [-0.2, -0.15) is 5.10 Å². The van der Waals surface area contributed by atoms with Crippen LogP contribution < -0.4 is 5.43 Å². The number of rotatable bonds is 3. The summed E-state index contributed by atoms with van der Waals surface area (Å²) < 4.78 is 26.5. The van der Waals surface area contributed by atoms with Crippen LogP contribution in [0.15, 0.2) is 29.6 Å². The minimum atomic E-state index is -0.653. The van der Waals surface area contributed by atoms with Crippen LogP contribution in [0.2, 0.25) is 0 Å². The van der Waals surface area contributed by atoms with Crippen molar-refractivity contribution in [2.45, 2.75) is 19.3 Å². The highest BCUT2D eigenvalue weighted by Gasteiger charge is 2.20. The number of nitrogens with zero attached hydrogens (tertiary/aromatic N) is 3. The molecule has 4 nitrogen and oxygen atoms in total. The van der Waals surface area contributed by atoms with E-state index in [-0.39, 0.29) is 5.56 Å². The first kappa shape index (κ1) is 14.2. The Balaban J connectivity index is 1.64. The first-order chi connectivity index (χ1) is 11.2. The Hall–Kier alpha value is -2.41. The number of fused-ring (bicyclic) bond motifs is 3. The fourth-order valence-corrected chi connectivity index (χ4v) is 4.01. The normalized spacial score (nSPS) is 13.8. The summed E-state index contributed by atoms with van der Waals surface area (Å²) >= 11 is 1.69. The van der Waals surface area contributed by atoms with Gasteiger partial charge in [-0.15, -0.1) is 11.3 Å². The lowest BCUT2D eigenvalue weighted by Gasteiger charge is -2.03. The Bertz CT molecular complexity index is 920. The molecule has 1 aliphatic rings. The van der Waals surface area contributed by atoms with Gasteiger partial charge in [-0.25, -0.2) is 18.7 Å². The summed E-state index contributed by atoms with van der Waals surface area (Å²) in [6, 6.07) is 3.36. The molecule has 0 bridgehead atoms. The van der Waals surface area contributed by atoms with Crippen molar-refractivity contribution >= 4 is 33.6 Å². The summed E-state index contributed by atoms with van der Waals surface area (Å²) in [4.78, 5) is 10.8. The highest BCUT2D eigenvalue weighted by Crippen LogP contribution is 2.38. The molecule has 0 fully saturated rings. The van der Waals surface area contributed by atoms with E-state index in [9.17, 15) is 8.78 Å². The maximum atomic E-state index is 13.6. The highest BCUT2D eigenvalue weighted by atomic mass is 32.1. The Labute approximate surface area is 134 Å². The van der Waals surface area contributed by atoms with Crippen molar-refractivity contribution in [3.8, 4) is 0 Å².